The van der Waals surface area contributed by atoms with Crippen LogP contribution in [0, 0.1) is 6.92 Å². The fourth-order valence-electron chi connectivity index (χ4n) is 2.09. The Hall–Kier alpha value is -2.07. The SMILES string of the molecule is Cc1ccoc1C(=O)NCc1ccccc1CN(C)C. The quantitative estimate of drug-likeness (QED) is 0.910. The summed E-state index contributed by atoms with van der Waals surface area (Å²) in [6.07, 6.45) is 1.53. The number of furan rings is 1. The summed E-state index contributed by atoms with van der Waals surface area (Å²) >= 11 is 0. The standard InChI is InChI=1S/C16H20N2O2/c1-12-8-9-20-15(12)16(19)17-10-13-6-4-5-7-14(13)11-18(2)3/h4-9H,10-11H2,1-3H3,(H,17,19). The fraction of sp³-hybridized carbons (Fsp3) is 0.312. The second-order valence-electron chi connectivity index (χ2n) is 5.12. The Bertz CT molecular complexity index is 588. The van der Waals surface area contributed by atoms with Crippen LogP contribution in [0.5, 0.6) is 0 Å². The summed E-state index contributed by atoms with van der Waals surface area (Å²) in [6, 6.07) is 9.91. The largest absolute Gasteiger partial charge is 0.459 e. The molecule has 0 aliphatic heterocycles. The van der Waals surface area contributed by atoms with Crippen LogP contribution in [0.2, 0.25) is 0 Å². The van der Waals surface area contributed by atoms with Gasteiger partial charge in [-0.2, -0.15) is 0 Å². The zero-order valence-corrected chi connectivity index (χ0v) is 12.1. The summed E-state index contributed by atoms with van der Waals surface area (Å²) in [6.45, 7) is 3.22. The van der Waals surface area contributed by atoms with Gasteiger partial charge in [-0.1, -0.05) is 24.3 Å². The first-order chi connectivity index (χ1) is 9.58. The molecule has 0 spiro atoms. The van der Waals surface area contributed by atoms with Gasteiger partial charge in [0.15, 0.2) is 5.76 Å². The predicted octanol–water partition coefficient (Wildman–Crippen LogP) is 2.58. The number of nitrogens with zero attached hydrogens (tertiary/aromatic N) is 1. The third-order valence-electron chi connectivity index (χ3n) is 3.11. The number of hydrogen-bond donors (Lipinski definition) is 1. The second-order valence-corrected chi connectivity index (χ2v) is 5.12. The molecule has 1 amide bonds. The zero-order valence-electron chi connectivity index (χ0n) is 12.1. The molecule has 0 unspecified atom stereocenters. The van der Waals surface area contributed by atoms with E-state index in [0.29, 0.717) is 12.3 Å². The molecule has 1 N–H and O–H groups in total. The Morgan fingerprint density at radius 3 is 2.50 bits per heavy atom. The molecule has 0 aliphatic rings. The summed E-state index contributed by atoms with van der Waals surface area (Å²) < 4.78 is 5.19. The zero-order chi connectivity index (χ0) is 14.5. The molecule has 106 valence electrons. The first-order valence-electron chi connectivity index (χ1n) is 6.61. The number of hydrogen-bond acceptors (Lipinski definition) is 3. The van der Waals surface area contributed by atoms with Crippen LogP contribution in [0.15, 0.2) is 41.0 Å². The van der Waals surface area contributed by atoms with Crippen LogP contribution in [-0.4, -0.2) is 24.9 Å². The van der Waals surface area contributed by atoms with Crippen LogP contribution in [0.3, 0.4) is 0 Å². The summed E-state index contributed by atoms with van der Waals surface area (Å²) in [5.74, 6) is 0.210. The molecule has 0 saturated heterocycles. The molecule has 2 aromatic rings. The minimum absolute atomic E-state index is 0.174. The molecule has 0 saturated carbocycles. The minimum Gasteiger partial charge on any atom is -0.459 e. The van der Waals surface area contributed by atoms with Gasteiger partial charge in [0.05, 0.1) is 6.26 Å². The van der Waals surface area contributed by atoms with Crippen molar-refractivity contribution in [3.05, 3.63) is 59.0 Å². The van der Waals surface area contributed by atoms with Gasteiger partial charge in [-0.25, -0.2) is 0 Å². The highest BCUT2D eigenvalue weighted by atomic mass is 16.3. The van der Waals surface area contributed by atoms with Crippen molar-refractivity contribution in [1.82, 2.24) is 10.2 Å². The van der Waals surface area contributed by atoms with Crippen molar-refractivity contribution in [2.24, 2.45) is 0 Å². The maximum Gasteiger partial charge on any atom is 0.287 e. The third kappa shape index (κ3) is 3.48. The van der Waals surface area contributed by atoms with Crippen molar-refractivity contribution >= 4 is 5.91 Å². The molecule has 0 fully saturated rings. The number of carbonyl (C=O) groups excluding carboxylic acids is 1. The summed E-state index contributed by atoms with van der Waals surface area (Å²) in [5.41, 5.74) is 3.19. The molecule has 0 radical (unpaired) electrons. The number of benzene rings is 1. The molecule has 0 aliphatic carbocycles. The summed E-state index contributed by atoms with van der Waals surface area (Å²) in [4.78, 5) is 14.1. The average Bonchev–Trinajstić information content (AvgIpc) is 2.83. The molecule has 1 heterocycles. The Kier molecular flexibility index (Phi) is 4.58. The van der Waals surface area contributed by atoms with Crippen molar-refractivity contribution in [2.75, 3.05) is 14.1 Å². The highest BCUT2D eigenvalue weighted by Crippen LogP contribution is 2.12. The predicted molar refractivity (Wildman–Crippen MR) is 78.4 cm³/mol. The van der Waals surface area contributed by atoms with Crippen LogP contribution < -0.4 is 5.32 Å². The van der Waals surface area contributed by atoms with Gasteiger partial charge in [-0.05, 0) is 38.2 Å². The lowest BCUT2D eigenvalue weighted by atomic mass is 10.1. The fourth-order valence-corrected chi connectivity index (χ4v) is 2.09. The van der Waals surface area contributed by atoms with Crippen molar-refractivity contribution in [2.45, 2.75) is 20.0 Å². The van der Waals surface area contributed by atoms with Gasteiger partial charge in [0.2, 0.25) is 0 Å². The number of amides is 1. The summed E-state index contributed by atoms with van der Waals surface area (Å²) in [7, 11) is 4.06. The van der Waals surface area contributed by atoms with Gasteiger partial charge in [0.1, 0.15) is 0 Å². The van der Waals surface area contributed by atoms with Gasteiger partial charge in [-0.15, -0.1) is 0 Å². The highest BCUT2D eigenvalue weighted by molar-refractivity contribution is 5.92. The van der Waals surface area contributed by atoms with Gasteiger partial charge < -0.3 is 14.6 Å². The average molecular weight is 272 g/mol. The number of aryl methyl sites for hydroxylation is 1. The molecule has 20 heavy (non-hydrogen) atoms. The topological polar surface area (TPSA) is 45.5 Å². The van der Waals surface area contributed by atoms with E-state index < -0.39 is 0 Å². The van der Waals surface area contributed by atoms with Crippen LogP contribution in [0.4, 0.5) is 0 Å². The second kappa shape index (κ2) is 6.39. The summed E-state index contributed by atoms with van der Waals surface area (Å²) in [5, 5.41) is 2.90. The third-order valence-corrected chi connectivity index (χ3v) is 3.11. The number of carbonyl (C=O) groups is 1. The van der Waals surface area contributed by atoms with E-state index in [1.807, 2.05) is 39.2 Å². The van der Waals surface area contributed by atoms with E-state index in [2.05, 4.69) is 16.3 Å². The Balaban J connectivity index is 2.04. The lowest BCUT2D eigenvalue weighted by Gasteiger charge is -2.14. The number of rotatable bonds is 5. The van der Waals surface area contributed by atoms with Crippen molar-refractivity contribution in [3.8, 4) is 0 Å². The maximum atomic E-state index is 12.0. The van der Waals surface area contributed by atoms with E-state index >= 15 is 0 Å². The molecule has 4 heteroatoms. The Labute approximate surface area is 119 Å². The van der Waals surface area contributed by atoms with E-state index in [1.54, 1.807) is 6.07 Å². The van der Waals surface area contributed by atoms with Gasteiger partial charge in [0.25, 0.3) is 5.91 Å². The molecule has 1 aromatic heterocycles. The van der Waals surface area contributed by atoms with E-state index in [9.17, 15) is 4.79 Å². The van der Waals surface area contributed by atoms with Crippen LogP contribution >= 0.6 is 0 Å². The Morgan fingerprint density at radius 2 is 1.90 bits per heavy atom. The number of nitrogens with one attached hydrogen (secondary N) is 1. The van der Waals surface area contributed by atoms with E-state index in [1.165, 1.54) is 11.8 Å². The molecule has 4 nitrogen and oxygen atoms in total. The first-order valence-corrected chi connectivity index (χ1v) is 6.61. The van der Waals surface area contributed by atoms with Crippen LogP contribution in [0.25, 0.3) is 0 Å². The smallest absolute Gasteiger partial charge is 0.287 e. The van der Waals surface area contributed by atoms with Crippen molar-refractivity contribution in [3.63, 3.8) is 0 Å². The van der Waals surface area contributed by atoms with Gasteiger partial charge >= 0.3 is 0 Å². The molecular formula is C16H20N2O2. The van der Waals surface area contributed by atoms with E-state index in [4.69, 9.17) is 4.42 Å². The van der Waals surface area contributed by atoms with Gasteiger partial charge in [0, 0.05) is 18.7 Å². The van der Waals surface area contributed by atoms with Crippen LogP contribution in [0.1, 0.15) is 27.2 Å². The minimum atomic E-state index is -0.174. The monoisotopic (exact) mass is 272 g/mol. The molecule has 0 atom stereocenters. The Morgan fingerprint density at radius 1 is 1.20 bits per heavy atom. The highest BCUT2D eigenvalue weighted by Gasteiger charge is 2.12. The molecule has 2 rings (SSSR count). The van der Waals surface area contributed by atoms with E-state index in [-0.39, 0.29) is 5.91 Å². The molecule has 1 aromatic carbocycles. The van der Waals surface area contributed by atoms with Crippen molar-refractivity contribution in [1.29, 1.82) is 0 Å². The van der Waals surface area contributed by atoms with Crippen LogP contribution in [-0.2, 0) is 13.1 Å². The maximum absolute atomic E-state index is 12.0. The lowest BCUT2D eigenvalue weighted by Crippen LogP contribution is -2.24. The normalized spacial score (nSPS) is 10.8. The molecule has 0 bridgehead atoms. The first kappa shape index (κ1) is 14.3. The lowest BCUT2D eigenvalue weighted by molar-refractivity contribution is 0.0922. The molecular weight excluding hydrogens is 252 g/mol. The van der Waals surface area contributed by atoms with Crippen molar-refractivity contribution < 1.29 is 9.21 Å². The van der Waals surface area contributed by atoms with Gasteiger partial charge in [-0.3, -0.25) is 4.79 Å². The van der Waals surface area contributed by atoms with E-state index in [0.717, 1.165) is 17.7 Å².